The summed E-state index contributed by atoms with van der Waals surface area (Å²) >= 11 is 6.42. The second kappa shape index (κ2) is 10.8. The van der Waals surface area contributed by atoms with Crippen molar-refractivity contribution in [3.63, 3.8) is 0 Å². The molecule has 3 N–H and O–H groups in total. The zero-order valence-corrected chi connectivity index (χ0v) is 18.6. The third-order valence-electron chi connectivity index (χ3n) is 5.95. The maximum absolute atomic E-state index is 10.5. The third-order valence-corrected chi connectivity index (χ3v) is 6.32. The normalized spacial score (nSPS) is 29.6. The number of rotatable bonds is 8. The molecule has 0 amide bonds. The molecular weight excluding hydrogens is 452 g/mol. The van der Waals surface area contributed by atoms with Gasteiger partial charge in [-0.2, -0.15) is 0 Å². The summed E-state index contributed by atoms with van der Waals surface area (Å²) in [6.07, 6.45) is -4.62. The Labute approximate surface area is 196 Å². The van der Waals surface area contributed by atoms with E-state index in [1.807, 2.05) is 24.3 Å². The molecule has 2 saturated heterocycles. The first-order valence-electron chi connectivity index (χ1n) is 10.8. The van der Waals surface area contributed by atoms with Crippen molar-refractivity contribution in [1.29, 1.82) is 0 Å². The van der Waals surface area contributed by atoms with E-state index in [-0.39, 0.29) is 19.2 Å². The topological polar surface area (TPSA) is 115 Å². The molecule has 8 nitrogen and oxygen atoms in total. The Morgan fingerprint density at radius 1 is 1.06 bits per heavy atom. The van der Waals surface area contributed by atoms with Crippen molar-refractivity contribution in [3.8, 4) is 5.75 Å². The van der Waals surface area contributed by atoms with E-state index >= 15 is 0 Å². The lowest BCUT2D eigenvalue weighted by Gasteiger charge is -2.40. The van der Waals surface area contributed by atoms with Gasteiger partial charge in [-0.15, -0.1) is 0 Å². The number of hydrogen-bond acceptors (Lipinski definition) is 8. The van der Waals surface area contributed by atoms with Crippen LogP contribution >= 0.6 is 11.6 Å². The van der Waals surface area contributed by atoms with Gasteiger partial charge in [-0.25, -0.2) is 0 Å². The quantitative estimate of drug-likeness (QED) is 0.492. The maximum atomic E-state index is 10.5. The molecule has 2 aliphatic heterocycles. The predicted octanol–water partition coefficient (Wildman–Crippen LogP) is 1.79. The van der Waals surface area contributed by atoms with Crippen LogP contribution in [0.3, 0.4) is 0 Å². The van der Waals surface area contributed by atoms with Gasteiger partial charge in [-0.3, -0.25) is 4.79 Å². The van der Waals surface area contributed by atoms with Crippen LogP contribution in [0.1, 0.15) is 29.2 Å². The predicted molar refractivity (Wildman–Crippen MR) is 118 cm³/mol. The second-order valence-corrected chi connectivity index (χ2v) is 8.68. The summed E-state index contributed by atoms with van der Waals surface area (Å²) in [5.74, 6) is 0.781. The summed E-state index contributed by atoms with van der Waals surface area (Å²) in [6.45, 7) is 1.32. The molecule has 0 saturated carbocycles. The van der Waals surface area contributed by atoms with Gasteiger partial charge in [0.15, 0.2) is 0 Å². The monoisotopic (exact) mass is 478 g/mol. The number of halogens is 1. The van der Waals surface area contributed by atoms with E-state index in [0.29, 0.717) is 23.6 Å². The lowest BCUT2D eigenvalue weighted by atomic mass is 9.90. The highest BCUT2D eigenvalue weighted by molar-refractivity contribution is 6.31. The van der Waals surface area contributed by atoms with Gasteiger partial charge < -0.3 is 34.3 Å². The molecule has 2 heterocycles. The number of aliphatic hydroxyl groups is 3. The summed E-state index contributed by atoms with van der Waals surface area (Å²) < 4.78 is 21.7. The first-order chi connectivity index (χ1) is 16.0. The van der Waals surface area contributed by atoms with E-state index in [0.717, 1.165) is 29.9 Å². The van der Waals surface area contributed by atoms with Crippen molar-refractivity contribution in [2.75, 3.05) is 19.8 Å². The van der Waals surface area contributed by atoms with Gasteiger partial charge >= 0.3 is 0 Å². The molecule has 33 heavy (non-hydrogen) atoms. The molecule has 2 fully saturated rings. The Morgan fingerprint density at radius 3 is 2.55 bits per heavy atom. The molecular formula is C24H27ClO8. The lowest BCUT2D eigenvalue weighted by molar-refractivity contribution is -0.233. The molecule has 6 atom stereocenters. The van der Waals surface area contributed by atoms with Gasteiger partial charge in [0.2, 0.25) is 0 Å². The van der Waals surface area contributed by atoms with E-state index in [1.54, 1.807) is 18.2 Å². The first kappa shape index (κ1) is 23.9. The van der Waals surface area contributed by atoms with Crippen molar-refractivity contribution in [2.24, 2.45) is 0 Å². The van der Waals surface area contributed by atoms with Crippen LogP contribution in [0.15, 0.2) is 42.5 Å². The smallest absolute Gasteiger partial charge is 0.293 e. The van der Waals surface area contributed by atoms with Crippen LogP contribution in [0.2, 0.25) is 5.02 Å². The fraction of sp³-hybridized carbons (Fsp3) is 0.458. The van der Waals surface area contributed by atoms with Gasteiger partial charge in [0, 0.05) is 11.4 Å². The number of carbonyl (C=O) groups excluding carboxylic acids is 1. The second-order valence-electron chi connectivity index (χ2n) is 8.27. The lowest BCUT2D eigenvalue weighted by Crippen LogP contribution is -2.55. The largest absolute Gasteiger partial charge is 0.488 e. The van der Waals surface area contributed by atoms with Crippen LogP contribution in [-0.4, -0.2) is 72.1 Å². The summed E-state index contributed by atoms with van der Waals surface area (Å²) in [4.78, 5) is 10.5. The molecule has 0 spiro atoms. The van der Waals surface area contributed by atoms with Gasteiger partial charge in [0.1, 0.15) is 49.0 Å². The van der Waals surface area contributed by atoms with Crippen molar-refractivity contribution < 1.29 is 39.1 Å². The van der Waals surface area contributed by atoms with Gasteiger partial charge in [0.25, 0.3) is 6.47 Å². The number of aliphatic hydroxyl groups excluding tert-OH is 3. The Hall–Kier alpha value is -2.20. The van der Waals surface area contributed by atoms with Crippen molar-refractivity contribution in [2.45, 2.75) is 49.5 Å². The average molecular weight is 479 g/mol. The molecule has 1 unspecified atom stereocenters. The number of hydrogen-bond donors (Lipinski definition) is 3. The van der Waals surface area contributed by atoms with Crippen molar-refractivity contribution in [1.82, 2.24) is 0 Å². The van der Waals surface area contributed by atoms with E-state index in [1.165, 1.54) is 0 Å². The highest BCUT2D eigenvalue weighted by Gasteiger charge is 2.44. The Balaban J connectivity index is 1.48. The van der Waals surface area contributed by atoms with E-state index < -0.39 is 30.5 Å². The van der Waals surface area contributed by atoms with Gasteiger partial charge in [-0.05, 0) is 41.3 Å². The molecule has 9 heteroatoms. The summed E-state index contributed by atoms with van der Waals surface area (Å²) in [6, 6.07) is 13.0. The third kappa shape index (κ3) is 5.66. The van der Waals surface area contributed by atoms with Crippen LogP contribution in [0.25, 0.3) is 0 Å². The highest BCUT2D eigenvalue weighted by Crippen LogP contribution is 2.34. The van der Waals surface area contributed by atoms with Crippen LogP contribution in [0.4, 0.5) is 0 Å². The Morgan fingerprint density at radius 2 is 1.85 bits per heavy atom. The molecule has 4 rings (SSSR count). The Kier molecular flexibility index (Phi) is 7.85. The van der Waals surface area contributed by atoms with Crippen LogP contribution in [-0.2, 0) is 25.4 Å². The fourth-order valence-electron chi connectivity index (χ4n) is 4.11. The molecule has 2 aliphatic rings. The summed E-state index contributed by atoms with van der Waals surface area (Å²) in [5, 5.41) is 31.5. The van der Waals surface area contributed by atoms with Crippen LogP contribution in [0.5, 0.6) is 5.75 Å². The SMILES string of the molecule is O=COC[C@H]1O[C@@H](c2ccc(Cl)c(Cc3ccc(OC4CCOC4)cc3)c2)[C@H](O)[C@@H](O)[C@@H]1O. The van der Waals surface area contributed by atoms with Crippen molar-refractivity contribution in [3.05, 3.63) is 64.2 Å². The van der Waals surface area contributed by atoms with Gasteiger partial charge in [-0.1, -0.05) is 35.9 Å². The maximum Gasteiger partial charge on any atom is 0.293 e. The first-order valence-corrected chi connectivity index (χ1v) is 11.2. The molecule has 178 valence electrons. The van der Waals surface area contributed by atoms with Crippen LogP contribution < -0.4 is 4.74 Å². The minimum atomic E-state index is -1.46. The van der Waals surface area contributed by atoms with E-state index in [9.17, 15) is 20.1 Å². The van der Waals surface area contributed by atoms with Crippen molar-refractivity contribution >= 4 is 18.1 Å². The summed E-state index contributed by atoms with van der Waals surface area (Å²) in [5.41, 5.74) is 2.41. The van der Waals surface area contributed by atoms with Gasteiger partial charge in [0.05, 0.1) is 13.2 Å². The molecule has 2 aromatic rings. The molecule has 2 aromatic carbocycles. The highest BCUT2D eigenvalue weighted by atomic mass is 35.5. The molecule has 0 radical (unpaired) electrons. The number of benzene rings is 2. The number of carbonyl (C=O) groups is 1. The molecule has 0 aromatic heterocycles. The Bertz CT molecular complexity index is 931. The number of ether oxygens (including phenoxy) is 4. The summed E-state index contributed by atoms with van der Waals surface area (Å²) in [7, 11) is 0. The van der Waals surface area contributed by atoms with E-state index in [4.69, 9.17) is 25.8 Å². The standard InChI is InChI=1S/C24H27ClO8/c25-19-6-3-15(24-23(29)22(28)21(27)20(33-24)12-31-13-26)10-16(19)9-14-1-4-17(5-2-14)32-18-7-8-30-11-18/h1-6,10,13,18,20-24,27-29H,7-9,11-12H2/t18?,20-,21-,22+,23-,24+/m1/s1. The zero-order valence-electron chi connectivity index (χ0n) is 17.9. The molecule has 0 aliphatic carbocycles. The minimum absolute atomic E-state index is 0.0820. The fourth-order valence-corrected chi connectivity index (χ4v) is 4.29. The average Bonchev–Trinajstić information content (AvgIpc) is 3.33. The zero-order chi connectivity index (χ0) is 23.4. The van der Waals surface area contributed by atoms with E-state index in [2.05, 4.69) is 4.74 Å². The minimum Gasteiger partial charge on any atom is -0.488 e. The van der Waals surface area contributed by atoms with Crippen LogP contribution in [0, 0.1) is 0 Å². The molecule has 0 bridgehead atoms.